The lowest BCUT2D eigenvalue weighted by molar-refractivity contribution is -0.117. The van der Waals surface area contributed by atoms with Crippen molar-refractivity contribution in [2.75, 3.05) is 23.7 Å². The fraction of sp³-hybridized carbons (Fsp3) is 0.269. The maximum atomic E-state index is 13.4. The van der Waals surface area contributed by atoms with E-state index in [4.69, 9.17) is 0 Å². The summed E-state index contributed by atoms with van der Waals surface area (Å²) in [7, 11) is -3.55. The zero-order chi connectivity index (χ0) is 23.4. The number of nitrogens with zero attached hydrogens (tertiary/aromatic N) is 1. The van der Waals surface area contributed by atoms with Gasteiger partial charge in [-0.3, -0.25) is 4.79 Å². The van der Waals surface area contributed by atoms with Crippen molar-refractivity contribution in [3.63, 3.8) is 0 Å². The topological polar surface area (TPSA) is 78.5 Å². The summed E-state index contributed by atoms with van der Waals surface area (Å²) >= 11 is 0. The van der Waals surface area contributed by atoms with Crippen molar-refractivity contribution < 1.29 is 13.2 Å². The van der Waals surface area contributed by atoms with Crippen LogP contribution in [0.1, 0.15) is 35.6 Å². The number of aryl methyl sites for hydroxylation is 2. The van der Waals surface area contributed by atoms with Crippen molar-refractivity contribution in [3.05, 3.63) is 89.5 Å². The Morgan fingerprint density at radius 2 is 1.64 bits per heavy atom. The van der Waals surface area contributed by atoms with E-state index in [1.54, 1.807) is 24.3 Å². The van der Waals surface area contributed by atoms with E-state index in [9.17, 15) is 13.2 Å². The number of carbonyl (C=O) groups is 1. The summed E-state index contributed by atoms with van der Waals surface area (Å²) in [5, 5.41) is 6.29. The Hall–Kier alpha value is -3.16. The monoisotopic (exact) mass is 463 g/mol. The minimum Gasteiger partial charge on any atom is -0.370 e. The first kappa shape index (κ1) is 23.0. The molecule has 0 saturated carbocycles. The van der Waals surface area contributed by atoms with Crippen molar-refractivity contribution in [1.82, 2.24) is 4.31 Å². The van der Waals surface area contributed by atoms with Gasteiger partial charge >= 0.3 is 0 Å². The molecule has 0 aromatic heterocycles. The summed E-state index contributed by atoms with van der Waals surface area (Å²) in [6, 6.07) is 21.3. The summed E-state index contributed by atoms with van der Waals surface area (Å²) in [5.41, 5.74) is 4.14. The van der Waals surface area contributed by atoms with Crippen molar-refractivity contribution in [2.24, 2.45) is 0 Å². The van der Waals surface area contributed by atoms with Crippen LogP contribution in [0.3, 0.4) is 0 Å². The van der Waals surface area contributed by atoms with E-state index < -0.39 is 16.1 Å². The highest BCUT2D eigenvalue weighted by Gasteiger charge is 2.28. The molecule has 7 heteroatoms. The molecule has 1 atom stereocenters. The van der Waals surface area contributed by atoms with E-state index >= 15 is 0 Å². The lowest BCUT2D eigenvalue weighted by Crippen LogP contribution is -2.29. The number of nitrogens with one attached hydrogen (secondary N) is 2. The predicted octanol–water partition coefficient (Wildman–Crippen LogP) is 4.88. The third kappa shape index (κ3) is 5.26. The van der Waals surface area contributed by atoms with E-state index in [2.05, 4.69) is 10.6 Å². The molecule has 33 heavy (non-hydrogen) atoms. The van der Waals surface area contributed by atoms with Gasteiger partial charge in [-0.1, -0.05) is 48.5 Å². The van der Waals surface area contributed by atoms with Gasteiger partial charge in [0.05, 0.1) is 4.90 Å². The molecule has 1 saturated heterocycles. The minimum atomic E-state index is -3.55. The van der Waals surface area contributed by atoms with E-state index in [1.807, 2.05) is 62.4 Å². The summed E-state index contributed by atoms with van der Waals surface area (Å²) in [4.78, 5) is 13.6. The van der Waals surface area contributed by atoms with Crippen LogP contribution in [0.5, 0.6) is 0 Å². The number of benzene rings is 3. The van der Waals surface area contributed by atoms with Gasteiger partial charge in [-0.05, 0) is 67.6 Å². The Bertz CT molecular complexity index is 1240. The van der Waals surface area contributed by atoms with E-state index in [-0.39, 0.29) is 10.8 Å². The Morgan fingerprint density at radius 1 is 0.909 bits per heavy atom. The molecule has 3 aromatic carbocycles. The summed E-state index contributed by atoms with van der Waals surface area (Å²) in [6.45, 7) is 5.02. The second kappa shape index (κ2) is 9.77. The molecule has 1 fully saturated rings. The van der Waals surface area contributed by atoms with Gasteiger partial charge in [0.15, 0.2) is 0 Å². The Balaban J connectivity index is 1.63. The normalized spacial score (nSPS) is 15.2. The Kier molecular flexibility index (Phi) is 6.81. The predicted molar refractivity (Wildman–Crippen MR) is 132 cm³/mol. The van der Waals surface area contributed by atoms with Crippen LogP contribution in [0, 0.1) is 13.8 Å². The number of rotatable bonds is 7. The maximum Gasteiger partial charge on any atom is 0.251 e. The van der Waals surface area contributed by atoms with E-state index in [0.29, 0.717) is 18.8 Å². The highest BCUT2D eigenvalue weighted by molar-refractivity contribution is 7.89. The van der Waals surface area contributed by atoms with Crippen LogP contribution in [0.15, 0.2) is 77.7 Å². The molecule has 4 rings (SSSR count). The number of amides is 1. The maximum absolute atomic E-state index is 13.4. The average Bonchev–Trinajstić information content (AvgIpc) is 3.37. The van der Waals surface area contributed by atoms with Crippen molar-refractivity contribution in [2.45, 2.75) is 37.6 Å². The summed E-state index contributed by atoms with van der Waals surface area (Å²) < 4.78 is 27.5. The van der Waals surface area contributed by atoms with Gasteiger partial charge in [0, 0.05) is 24.5 Å². The lowest BCUT2D eigenvalue weighted by atomic mass is 10.0. The molecule has 6 nitrogen and oxygen atoms in total. The molecule has 1 heterocycles. The van der Waals surface area contributed by atoms with Gasteiger partial charge in [-0.25, -0.2) is 8.42 Å². The molecule has 172 valence electrons. The third-order valence-electron chi connectivity index (χ3n) is 5.89. The Morgan fingerprint density at radius 3 is 2.36 bits per heavy atom. The molecule has 3 aromatic rings. The number of sulfonamides is 1. The standard InChI is InChI=1S/C26H29N3O3S/c1-19-13-14-20(2)24(17-19)28-26(30)25(21-9-4-3-5-10-21)27-22-11-8-12-23(18-22)33(31,32)29-15-6-7-16-29/h3-5,8-14,17-18,25,27H,6-7,15-16H2,1-2H3,(H,28,30)/t25-/m1/s1. The molecule has 2 N–H and O–H groups in total. The first-order chi connectivity index (χ1) is 15.8. The molecular formula is C26H29N3O3S. The summed E-state index contributed by atoms with van der Waals surface area (Å²) in [6.07, 6.45) is 1.76. The molecule has 1 amide bonds. The minimum absolute atomic E-state index is 0.220. The fourth-order valence-electron chi connectivity index (χ4n) is 4.01. The van der Waals surface area contributed by atoms with Crippen LogP contribution in [0.2, 0.25) is 0 Å². The first-order valence-electron chi connectivity index (χ1n) is 11.1. The first-order valence-corrected chi connectivity index (χ1v) is 12.6. The molecule has 0 bridgehead atoms. The highest BCUT2D eigenvalue weighted by atomic mass is 32.2. The lowest BCUT2D eigenvalue weighted by Gasteiger charge is -2.22. The van der Waals surface area contributed by atoms with Crippen LogP contribution in [-0.4, -0.2) is 31.7 Å². The van der Waals surface area contributed by atoms with Crippen LogP contribution >= 0.6 is 0 Å². The second-order valence-corrected chi connectivity index (χ2v) is 10.4. The largest absolute Gasteiger partial charge is 0.370 e. The molecular weight excluding hydrogens is 434 g/mol. The zero-order valence-corrected chi connectivity index (χ0v) is 19.7. The number of hydrogen-bond acceptors (Lipinski definition) is 4. The molecule has 1 aliphatic rings. The number of anilines is 2. The van der Waals surface area contributed by atoms with E-state index in [0.717, 1.165) is 35.2 Å². The molecule has 0 aliphatic carbocycles. The molecule has 1 aliphatic heterocycles. The van der Waals surface area contributed by atoms with Crippen LogP contribution in [0.4, 0.5) is 11.4 Å². The zero-order valence-electron chi connectivity index (χ0n) is 18.9. The van der Waals surface area contributed by atoms with Crippen LogP contribution in [0.25, 0.3) is 0 Å². The average molecular weight is 464 g/mol. The van der Waals surface area contributed by atoms with Crippen LogP contribution in [-0.2, 0) is 14.8 Å². The van der Waals surface area contributed by atoms with E-state index in [1.165, 1.54) is 4.31 Å². The summed E-state index contributed by atoms with van der Waals surface area (Å²) in [5.74, 6) is -0.220. The van der Waals surface area contributed by atoms with Crippen molar-refractivity contribution in [3.8, 4) is 0 Å². The van der Waals surface area contributed by atoms with Gasteiger partial charge < -0.3 is 10.6 Å². The molecule has 0 spiro atoms. The van der Waals surface area contributed by atoms with Gasteiger partial charge in [0.25, 0.3) is 5.91 Å². The van der Waals surface area contributed by atoms with Crippen molar-refractivity contribution in [1.29, 1.82) is 0 Å². The number of carbonyl (C=O) groups excluding carboxylic acids is 1. The Labute approximate surface area is 195 Å². The SMILES string of the molecule is Cc1ccc(C)c(NC(=O)[C@H](Nc2cccc(S(=O)(=O)N3CCCC3)c2)c2ccccc2)c1. The second-order valence-electron chi connectivity index (χ2n) is 8.43. The fourth-order valence-corrected chi connectivity index (χ4v) is 5.58. The van der Waals surface area contributed by atoms with Crippen molar-refractivity contribution >= 4 is 27.3 Å². The molecule has 0 unspecified atom stereocenters. The van der Waals surface area contributed by atoms with Gasteiger partial charge in [0.2, 0.25) is 10.0 Å². The quantitative estimate of drug-likeness (QED) is 0.523. The van der Waals surface area contributed by atoms with Gasteiger partial charge in [-0.15, -0.1) is 0 Å². The van der Waals surface area contributed by atoms with Gasteiger partial charge in [0.1, 0.15) is 6.04 Å². The van der Waals surface area contributed by atoms with Gasteiger partial charge in [-0.2, -0.15) is 4.31 Å². The molecule has 0 radical (unpaired) electrons. The smallest absolute Gasteiger partial charge is 0.251 e. The number of hydrogen-bond donors (Lipinski definition) is 2. The highest BCUT2D eigenvalue weighted by Crippen LogP contribution is 2.27. The van der Waals surface area contributed by atoms with Crippen LogP contribution < -0.4 is 10.6 Å². The third-order valence-corrected chi connectivity index (χ3v) is 7.79.